The van der Waals surface area contributed by atoms with Gasteiger partial charge >= 0.3 is 0 Å². The molecule has 0 bridgehead atoms. The zero-order valence-electron chi connectivity index (χ0n) is 8.59. The molecule has 0 radical (unpaired) electrons. The van der Waals surface area contributed by atoms with Crippen LogP contribution in [-0.2, 0) is 0 Å². The molecule has 1 rings (SSSR count). The Kier molecular flexibility index (Phi) is 3.10. The van der Waals surface area contributed by atoms with Crippen molar-refractivity contribution in [3.63, 3.8) is 0 Å². The lowest BCUT2D eigenvalue weighted by Gasteiger charge is -2.20. The standard InChI is InChI=1S/C11H19N/c1-9-5-10(2)7-11(6-9)8-12(3)4/h5-6,10H,7-8H2,1-4H3. The zero-order valence-corrected chi connectivity index (χ0v) is 8.59. The fourth-order valence-corrected chi connectivity index (χ4v) is 1.87. The van der Waals surface area contributed by atoms with Crippen LogP contribution in [0.3, 0.4) is 0 Å². The van der Waals surface area contributed by atoms with Crippen LogP contribution in [-0.4, -0.2) is 25.5 Å². The molecule has 1 heteroatoms. The molecule has 1 aliphatic rings. The average molecular weight is 165 g/mol. The first-order chi connectivity index (χ1) is 5.58. The summed E-state index contributed by atoms with van der Waals surface area (Å²) in [6.45, 7) is 5.58. The maximum absolute atomic E-state index is 2.35. The summed E-state index contributed by atoms with van der Waals surface area (Å²) in [5.41, 5.74) is 2.98. The van der Waals surface area contributed by atoms with Crippen LogP contribution in [0, 0.1) is 5.92 Å². The average Bonchev–Trinajstić information content (AvgIpc) is 1.81. The van der Waals surface area contributed by atoms with Crippen molar-refractivity contribution in [2.24, 2.45) is 5.92 Å². The van der Waals surface area contributed by atoms with Crippen molar-refractivity contribution in [1.82, 2.24) is 4.90 Å². The van der Waals surface area contributed by atoms with Crippen molar-refractivity contribution in [2.75, 3.05) is 20.6 Å². The Morgan fingerprint density at radius 3 is 2.67 bits per heavy atom. The summed E-state index contributed by atoms with van der Waals surface area (Å²) in [6.07, 6.45) is 5.90. The van der Waals surface area contributed by atoms with E-state index in [-0.39, 0.29) is 0 Å². The summed E-state index contributed by atoms with van der Waals surface area (Å²) in [4.78, 5) is 2.23. The van der Waals surface area contributed by atoms with E-state index in [0.29, 0.717) is 0 Å². The van der Waals surface area contributed by atoms with Gasteiger partial charge in [-0.3, -0.25) is 0 Å². The highest BCUT2D eigenvalue weighted by Crippen LogP contribution is 2.22. The molecule has 1 aliphatic carbocycles. The minimum Gasteiger partial charge on any atom is -0.305 e. The Balaban J connectivity index is 2.60. The molecular formula is C11H19N. The van der Waals surface area contributed by atoms with Gasteiger partial charge in [-0.1, -0.05) is 30.2 Å². The van der Waals surface area contributed by atoms with Gasteiger partial charge in [0, 0.05) is 6.54 Å². The number of nitrogens with zero attached hydrogens (tertiary/aromatic N) is 1. The second kappa shape index (κ2) is 3.90. The third kappa shape index (κ3) is 2.82. The molecule has 0 heterocycles. The minimum absolute atomic E-state index is 0.727. The van der Waals surface area contributed by atoms with E-state index in [4.69, 9.17) is 0 Å². The summed E-state index contributed by atoms with van der Waals surface area (Å²) in [7, 11) is 4.25. The fourth-order valence-electron chi connectivity index (χ4n) is 1.87. The molecule has 0 aromatic rings. The molecule has 68 valence electrons. The van der Waals surface area contributed by atoms with Gasteiger partial charge in [0.2, 0.25) is 0 Å². The van der Waals surface area contributed by atoms with E-state index in [1.807, 2.05) is 0 Å². The largest absolute Gasteiger partial charge is 0.305 e. The summed E-state index contributed by atoms with van der Waals surface area (Å²) in [5, 5.41) is 0. The van der Waals surface area contributed by atoms with Crippen LogP contribution in [0.25, 0.3) is 0 Å². The van der Waals surface area contributed by atoms with Gasteiger partial charge in [0.25, 0.3) is 0 Å². The first-order valence-electron chi connectivity index (χ1n) is 4.60. The highest BCUT2D eigenvalue weighted by Gasteiger charge is 2.09. The molecular weight excluding hydrogens is 146 g/mol. The second-order valence-corrected chi connectivity index (χ2v) is 4.13. The van der Waals surface area contributed by atoms with Crippen molar-refractivity contribution in [2.45, 2.75) is 20.3 Å². The van der Waals surface area contributed by atoms with Gasteiger partial charge in [-0.05, 0) is 33.4 Å². The van der Waals surface area contributed by atoms with Crippen LogP contribution in [0.15, 0.2) is 23.3 Å². The van der Waals surface area contributed by atoms with Gasteiger partial charge in [0.1, 0.15) is 0 Å². The molecule has 12 heavy (non-hydrogen) atoms. The van der Waals surface area contributed by atoms with Gasteiger partial charge in [0.15, 0.2) is 0 Å². The summed E-state index contributed by atoms with van der Waals surface area (Å²) in [6, 6.07) is 0. The van der Waals surface area contributed by atoms with Crippen molar-refractivity contribution >= 4 is 0 Å². The van der Waals surface area contributed by atoms with E-state index in [0.717, 1.165) is 12.5 Å². The predicted octanol–water partition coefficient (Wildman–Crippen LogP) is 2.46. The second-order valence-electron chi connectivity index (χ2n) is 4.13. The lowest BCUT2D eigenvalue weighted by Crippen LogP contribution is -2.17. The van der Waals surface area contributed by atoms with Crippen LogP contribution < -0.4 is 0 Å². The number of rotatable bonds is 2. The number of likely N-dealkylation sites (N-methyl/N-ethyl adjacent to an activating group) is 1. The molecule has 0 amide bonds. The van der Waals surface area contributed by atoms with Gasteiger partial charge in [-0.2, -0.15) is 0 Å². The SMILES string of the molecule is CC1=CC(C)CC(CN(C)C)=C1. The molecule has 0 fully saturated rings. The lowest BCUT2D eigenvalue weighted by atomic mass is 9.92. The van der Waals surface area contributed by atoms with E-state index in [1.165, 1.54) is 12.0 Å². The Bertz CT molecular complexity index is 211. The third-order valence-electron chi connectivity index (χ3n) is 2.08. The van der Waals surface area contributed by atoms with Crippen LogP contribution in [0.5, 0.6) is 0 Å². The maximum Gasteiger partial charge on any atom is 0.0190 e. The first-order valence-corrected chi connectivity index (χ1v) is 4.60. The van der Waals surface area contributed by atoms with Crippen molar-refractivity contribution in [1.29, 1.82) is 0 Å². The molecule has 0 aromatic heterocycles. The highest BCUT2D eigenvalue weighted by molar-refractivity contribution is 5.28. The number of hydrogen-bond acceptors (Lipinski definition) is 1. The minimum atomic E-state index is 0.727. The monoisotopic (exact) mass is 165 g/mol. The highest BCUT2D eigenvalue weighted by atomic mass is 15.0. The van der Waals surface area contributed by atoms with Crippen molar-refractivity contribution < 1.29 is 0 Å². The van der Waals surface area contributed by atoms with E-state index >= 15 is 0 Å². The normalized spacial score (nSPS) is 23.9. The summed E-state index contributed by atoms with van der Waals surface area (Å²) >= 11 is 0. The van der Waals surface area contributed by atoms with Gasteiger partial charge in [0.05, 0.1) is 0 Å². The third-order valence-corrected chi connectivity index (χ3v) is 2.08. The van der Waals surface area contributed by atoms with Gasteiger partial charge in [-0.25, -0.2) is 0 Å². The van der Waals surface area contributed by atoms with Crippen LogP contribution in [0.1, 0.15) is 20.3 Å². The maximum atomic E-state index is 2.35. The Labute approximate surface area is 75.8 Å². The van der Waals surface area contributed by atoms with Crippen LogP contribution in [0.2, 0.25) is 0 Å². The molecule has 1 atom stereocenters. The molecule has 0 aromatic carbocycles. The molecule has 0 N–H and O–H groups in total. The number of hydrogen-bond donors (Lipinski definition) is 0. The van der Waals surface area contributed by atoms with Gasteiger partial charge < -0.3 is 4.90 Å². The van der Waals surface area contributed by atoms with Gasteiger partial charge in [-0.15, -0.1) is 0 Å². The Morgan fingerprint density at radius 1 is 1.50 bits per heavy atom. The van der Waals surface area contributed by atoms with E-state index in [1.54, 1.807) is 5.57 Å². The molecule has 0 saturated heterocycles. The first kappa shape index (κ1) is 9.53. The predicted molar refractivity (Wildman–Crippen MR) is 54.2 cm³/mol. The number of allylic oxidation sites excluding steroid dienone is 3. The van der Waals surface area contributed by atoms with E-state index < -0.39 is 0 Å². The molecule has 1 unspecified atom stereocenters. The Morgan fingerprint density at radius 2 is 2.17 bits per heavy atom. The molecule has 0 saturated carbocycles. The zero-order chi connectivity index (χ0) is 9.14. The summed E-state index contributed by atoms with van der Waals surface area (Å²) in [5.74, 6) is 0.727. The van der Waals surface area contributed by atoms with Crippen molar-refractivity contribution in [3.8, 4) is 0 Å². The Hall–Kier alpha value is -0.560. The molecule has 0 aliphatic heterocycles. The topological polar surface area (TPSA) is 3.24 Å². The van der Waals surface area contributed by atoms with E-state index in [9.17, 15) is 0 Å². The lowest BCUT2D eigenvalue weighted by molar-refractivity contribution is 0.432. The summed E-state index contributed by atoms with van der Waals surface area (Å²) < 4.78 is 0. The molecule has 1 nitrogen and oxygen atoms in total. The van der Waals surface area contributed by atoms with Crippen LogP contribution >= 0.6 is 0 Å². The quantitative estimate of drug-likeness (QED) is 0.607. The fraction of sp³-hybridized carbons (Fsp3) is 0.636. The van der Waals surface area contributed by atoms with Crippen LogP contribution in [0.4, 0.5) is 0 Å². The van der Waals surface area contributed by atoms with E-state index in [2.05, 4.69) is 45.0 Å². The smallest absolute Gasteiger partial charge is 0.0190 e. The van der Waals surface area contributed by atoms with Crippen molar-refractivity contribution in [3.05, 3.63) is 23.3 Å². The molecule has 0 spiro atoms.